The molecule has 1 fully saturated rings. The van der Waals surface area contributed by atoms with Crippen LogP contribution in [0.3, 0.4) is 0 Å². The van der Waals surface area contributed by atoms with Crippen LogP contribution in [0.2, 0.25) is 0 Å². The highest BCUT2D eigenvalue weighted by Gasteiger charge is 2.17. The van der Waals surface area contributed by atoms with Crippen molar-refractivity contribution in [2.24, 2.45) is 5.92 Å². The zero-order chi connectivity index (χ0) is 9.97. The van der Waals surface area contributed by atoms with E-state index in [0.29, 0.717) is 5.92 Å². The van der Waals surface area contributed by atoms with Crippen LogP contribution in [0, 0.1) is 11.9 Å². The van der Waals surface area contributed by atoms with Gasteiger partial charge >= 0.3 is 0 Å². The molecule has 0 spiro atoms. The van der Waals surface area contributed by atoms with Crippen LogP contribution in [0.25, 0.3) is 0 Å². The number of piperidine rings is 1. The molecule has 1 aromatic rings. The summed E-state index contributed by atoms with van der Waals surface area (Å²) in [5, 5.41) is 0. The SMILES string of the molecule is CC1CCCN(c2cccc(F)n2)C1. The standard InChI is InChI=1S/C11H15FN2/c1-9-4-3-7-14(8-9)11-6-2-5-10(12)13-11/h2,5-6,9H,3-4,7-8H2,1H3. The molecule has 0 aliphatic carbocycles. The largest absolute Gasteiger partial charge is 0.356 e. The molecule has 14 heavy (non-hydrogen) atoms. The summed E-state index contributed by atoms with van der Waals surface area (Å²) in [6, 6.07) is 4.98. The fourth-order valence-corrected chi connectivity index (χ4v) is 1.97. The van der Waals surface area contributed by atoms with E-state index in [2.05, 4.69) is 16.8 Å². The Kier molecular flexibility index (Phi) is 2.66. The fourth-order valence-electron chi connectivity index (χ4n) is 1.97. The maximum absolute atomic E-state index is 12.9. The average molecular weight is 194 g/mol. The van der Waals surface area contributed by atoms with Gasteiger partial charge in [-0.1, -0.05) is 13.0 Å². The molecule has 0 radical (unpaired) electrons. The van der Waals surface area contributed by atoms with E-state index < -0.39 is 0 Å². The molecule has 1 saturated heterocycles. The highest BCUT2D eigenvalue weighted by Crippen LogP contribution is 2.20. The van der Waals surface area contributed by atoms with Crippen molar-refractivity contribution in [3.05, 3.63) is 24.1 Å². The Bertz CT molecular complexity index is 314. The molecule has 2 heterocycles. The first kappa shape index (κ1) is 9.44. The second kappa shape index (κ2) is 3.95. The van der Waals surface area contributed by atoms with Gasteiger partial charge in [0.2, 0.25) is 5.95 Å². The van der Waals surface area contributed by atoms with Crippen LogP contribution in [0.15, 0.2) is 18.2 Å². The third kappa shape index (κ3) is 2.03. The van der Waals surface area contributed by atoms with Crippen LogP contribution in [-0.2, 0) is 0 Å². The molecule has 0 N–H and O–H groups in total. The van der Waals surface area contributed by atoms with Crippen molar-refractivity contribution in [1.29, 1.82) is 0 Å². The van der Waals surface area contributed by atoms with Crippen molar-refractivity contribution in [3.63, 3.8) is 0 Å². The quantitative estimate of drug-likeness (QED) is 0.638. The van der Waals surface area contributed by atoms with Gasteiger partial charge in [-0.3, -0.25) is 0 Å². The fraction of sp³-hybridized carbons (Fsp3) is 0.545. The second-order valence-electron chi connectivity index (χ2n) is 4.01. The highest BCUT2D eigenvalue weighted by atomic mass is 19.1. The zero-order valence-corrected chi connectivity index (χ0v) is 8.41. The van der Waals surface area contributed by atoms with Crippen LogP contribution < -0.4 is 4.90 Å². The molecule has 0 amide bonds. The summed E-state index contributed by atoms with van der Waals surface area (Å²) < 4.78 is 12.9. The molecule has 2 rings (SSSR count). The van der Waals surface area contributed by atoms with E-state index in [9.17, 15) is 4.39 Å². The summed E-state index contributed by atoms with van der Waals surface area (Å²) in [6.07, 6.45) is 2.45. The molecule has 1 aliphatic heterocycles. The van der Waals surface area contributed by atoms with E-state index in [1.807, 2.05) is 6.07 Å². The van der Waals surface area contributed by atoms with Gasteiger partial charge < -0.3 is 4.90 Å². The third-order valence-corrected chi connectivity index (χ3v) is 2.68. The third-order valence-electron chi connectivity index (χ3n) is 2.68. The Balaban J connectivity index is 2.14. The summed E-state index contributed by atoms with van der Waals surface area (Å²) in [5.41, 5.74) is 0. The Labute approximate surface area is 83.8 Å². The van der Waals surface area contributed by atoms with Crippen molar-refractivity contribution >= 4 is 5.82 Å². The summed E-state index contributed by atoms with van der Waals surface area (Å²) in [5.74, 6) is 1.08. The number of anilines is 1. The molecular weight excluding hydrogens is 179 g/mol. The number of hydrogen-bond acceptors (Lipinski definition) is 2. The lowest BCUT2D eigenvalue weighted by molar-refractivity contribution is 0.442. The highest BCUT2D eigenvalue weighted by molar-refractivity contribution is 5.38. The smallest absolute Gasteiger partial charge is 0.214 e. The number of pyridine rings is 1. The molecule has 0 saturated carbocycles. The van der Waals surface area contributed by atoms with E-state index in [-0.39, 0.29) is 5.95 Å². The van der Waals surface area contributed by atoms with Gasteiger partial charge in [-0.2, -0.15) is 4.39 Å². The van der Waals surface area contributed by atoms with Crippen molar-refractivity contribution in [2.75, 3.05) is 18.0 Å². The van der Waals surface area contributed by atoms with Gasteiger partial charge in [0.05, 0.1) is 0 Å². The predicted octanol–water partition coefficient (Wildman–Crippen LogP) is 2.46. The van der Waals surface area contributed by atoms with Gasteiger partial charge in [-0.05, 0) is 30.9 Å². The maximum atomic E-state index is 12.9. The van der Waals surface area contributed by atoms with Crippen LogP contribution in [-0.4, -0.2) is 18.1 Å². The Morgan fingerprint density at radius 2 is 2.36 bits per heavy atom. The molecule has 1 unspecified atom stereocenters. The van der Waals surface area contributed by atoms with Crippen molar-refractivity contribution in [3.8, 4) is 0 Å². The van der Waals surface area contributed by atoms with E-state index in [1.54, 1.807) is 6.07 Å². The Hall–Kier alpha value is -1.12. The Morgan fingerprint density at radius 1 is 1.50 bits per heavy atom. The summed E-state index contributed by atoms with van der Waals surface area (Å²) >= 11 is 0. The topological polar surface area (TPSA) is 16.1 Å². The molecule has 76 valence electrons. The first-order valence-electron chi connectivity index (χ1n) is 5.13. The second-order valence-corrected chi connectivity index (χ2v) is 4.01. The number of aromatic nitrogens is 1. The molecule has 0 aromatic carbocycles. The van der Waals surface area contributed by atoms with Gasteiger partial charge in [0.1, 0.15) is 5.82 Å². The summed E-state index contributed by atoms with van der Waals surface area (Å²) in [4.78, 5) is 6.05. The minimum Gasteiger partial charge on any atom is -0.356 e. The lowest BCUT2D eigenvalue weighted by Crippen LogP contribution is -2.34. The lowest BCUT2D eigenvalue weighted by atomic mass is 10.0. The number of halogens is 1. The minimum absolute atomic E-state index is 0.388. The molecular formula is C11H15FN2. The monoisotopic (exact) mass is 194 g/mol. The molecule has 0 bridgehead atoms. The first-order chi connectivity index (χ1) is 6.75. The van der Waals surface area contributed by atoms with E-state index >= 15 is 0 Å². The molecule has 1 atom stereocenters. The van der Waals surface area contributed by atoms with Crippen LogP contribution in [0.5, 0.6) is 0 Å². The molecule has 1 aromatic heterocycles. The van der Waals surface area contributed by atoms with Gasteiger partial charge in [-0.25, -0.2) is 4.98 Å². The van der Waals surface area contributed by atoms with Crippen molar-refractivity contribution < 1.29 is 4.39 Å². The van der Waals surface area contributed by atoms with Crippen LogP contribution >= 0.6 is 0 Å². The summed E-state index contributed by atoms with van der Waals surface area (Å²) in [7, 11) is 0. The van der Waals surface area contributed by atoms with Crippen molar-refractivity contribution in [2.45, 2.75) is 19.8 Å². The van der Waals surface area contributed by atoms with Gasteiger partial charge in [0, 0.05) is 13.1 Å². The van der Waals surface area contributed by atoms with Gasteiger partial charge in [0.25, 0.3) is 0 Å². The molecule has 3 heteroatoms. The molecule has 2 nitrogen and oxygen atoms in total. The van der Waals surface area contributed by atoms with Gasteiger partial charge in [-0.15, -0.1) is 0 Å². The zero-order valence-electron chi connectivity index (χ0n) is 8.41. The first-order valence-corrected chi connectivity index (χ1v) is 5.13. The number of hydrogen-bond donors (Lipinski definition) is 0. The Morgan fingerprint density at radius 3 is 3.07 bits per heavy atom. The van der Waals surface area contributed by atoms with E-state index in [4.69, 9.17) is 0 Å². The van der Waals surface area contributed by atoms with Crippen LogP contribution in [0.4, 0.5) is 10.2 Å². The number of rotatable bonds is 1. The maximum Gasteiger partial charge on any atom is 0.214 e. The molecule has 1 aliphatic rings. The minimum atomic E-state index is -0.388. The average Bonchev–Trinajstić information content (AvgIpc) is 2.18. The number of nitrogens with zero attached hydrogens (tertiary/aromatic N) is 2. The van der Waals surface area contributed by atoms with E-state index in [1.165, 1.54) is 18.9 Å². The van der Waals surface area contributed by atoms with E-state index in [0.717, 1.165) is 18.9 Å². The van der Waals surface area contributed by atoms with Gasteiger partial charge in [0.15, 0.2) is 0 Å². The normalized spacial score (nSPS) is 22.4. The van der Waals surface area contributed by atoms with Crippen molar-refractivity contribution in [1.82, 2.24) is 4.98 Å². The van der Waals surface area contributed by atoms with Crippen LogP contribution in [0.1, 0.15) is 19.8 Å². The summed E-state index contributed by atoms with van der Waals surface area (Å²) in [6.45, 7) is 4.22. The predicted molar refractivity (Wildman–Crippen MR) is 54.8 cm³/mol. The lowest BCUT2D eigenvalue weighted by Gasteiger charge is -2.31.